The average Bonchev–Trinajstić information content (AvgIpc) is 2.29. The maximum absolute atomic E-state index is 11.4. The maximum atomic E-state index is 11.4. The SMILES string of the molecule is COC(=O)C(C)(C)NCCc1ccncc1. The summed E-state index contributed by atoms with van der Waals surface area (Å²) in [5.41, 5.74) is 0.560. The van der Waals surface area contributed by atoms with Crippen LogP contribution in [0.3, 0.4) is 0 Å². The number of esters is 1. The van der Waals surface area contributed by atoms with E-state index in [9.17, 15) is 4.79 Å². The summed E-state index contributed by atoms with van der Waals surface area (Å²) in [5.74, 6) is -0.248. The molecule has 0 saturated heterocycles. The number of carbonyl (C=O) groups excluding carboxylic acids is 1. The minimum Gasteiger partial charge on any atom is -0.468 e. The molecule has 1 rings (SSSR count). The van der Waals surface area contributed by atoms with Crippen LogP contribution in [0.4, 0.5) is 0 Å². The first kappa shape index (κ1) is 12.6. The second-order valence-electron chi connectivity index (χ2n) is 4.15. The lowest BCUT2D eigenvalue weighted by atomic mass is 10.1. The molecule has 0 unspecified atom stereocenters. The number of hydrogen-bond acceptors (Lipinski definition) is 4. The molecule has 88 valence electrons. The summed E-state index contributed by atoms with van der Waals surface area (Å²) in [5, 5.41) is 3.16. The highest BCUT2D eigenvalue weighted by atomic mass is 16.5. The van der Waals surface area contributed by atoms with Gasteiger partial charge in [0, 0.05) is 18.9 Å². The van der Waals surface area contributed by atoms with Gasteiger partial charge < -0.3 is 10.1 Å². The van der Waals surface area contributed by atoms with Crippen LogP contribution in [0.2, 0.25) is 0 Å². The Morgan fingerprint density at radius 3 is 2.62 bits per heavy atom. The number of nitrogens with one attached hydrogen (secondary N) is 1. The zero-order chi connectivity index (χ0) is 12.0. The van der Waals surface area contributed by atoms with Gasteiger partial charge in [-0.3, -0.25) is 9.78 Å². The van der Waals surface area contributed by atoms with Crippen LogP contribution in [0.25, 0.3) is 0 Å². The lowest BCUT2D eigenvalue weighted by molar-refractivity contribution is -0.147. The van der Waals surface area contributed by atoms with Crippen LogP contribution in [-0.2, 0) is 16.0 Å². The van der Waals surface area contributed by atoms with Gasteiger partial charge in [-0.2, -0.15) is 0 Å². The molecule has 0 aliphatic carbocycles. The fourth-order valence-electron chi connectivity index (χ4n) is 1.40. The van der Waals surface area contributed by atoms with Gasteiger partial charge in [-0.1, -0.05) is 0 Å². The van der Waals surface area contributed by atoms with Crippen molar-refractivity contribution in [3.63, 3.8) is 0 Å². The van der Waals surface area contributed by atoms with Crippen molar-refractivity contribution >= 4 is 5.97 Å². The highest BCUT2D eigenvalue weighted by Gasteiger charge is 2.27. The summed E-state index contributed by atoms with van der Waals surface area (Å²) in [7, 11) is 1.40. The molecule has 0 atom stereocenters. The van der Waals surface area contributed by atoms with E-state index in [2.05, 4.69) is 10.3 Å². The van der Waals surface area contributed by atoms with Crippen molar-refractivity contribution in [3.05, 3.63) is 30.1 Å². The van der Waals surface area contributed by atoms with Gasteiger partial charge in [0.05, 0.1) is 7.11 Å². The van der Waals surface area contributed by atoms with Crippen LogP contribution in [0.5, 0.6) is 0 Å². The summed E-state index contributed by atoms with van der Waals surface area (Å²) in [6.45, 7) is 4.35. The Kier molecular flexibility index (Phi) is 4.43. The van der Waals surface area contributed by atoms with Crippen molar-refractivity contribution in [1.29, 1.82) is 0 Å². The third kappa shape index (κ3) is 3.62. The zero-order valence-electron chi connectivity index (χ0n) is 9.99. The Hall–Kier alpha value is -1.42. The van der Waals surface area contributed by atoms with Crippen LogP contribution >= 0.6 is 0 Å². The van der Waals surface area contributed by atoms with E-state index in [4.69, 9.17) is 4.74 Å². The summed E-state index contributed by atoms with van der Waals surface area (Å²) in [6.07, 6.45) is 4.39. The van der Waals surface area contributed by atoms with Crippen LogP contribution in [0.1, 0.15) is 19.4 Å². The summed E-state index contributed by atoms with van der Waals surface area (Å²) >= 11 is 0. The predicted molar refractivity (Wildman–Crippen MR) is 62.0 cm³/mol. The highest BCUT2D eigenvalue weighted by molar-refractivity contribution is 5.79. The average molecular weight is 222 g/mol. The lowest BCUT2D eigenvalue weighted by Gasteiger charge is -2.23. The quantitative estimate of drug-likeness (QED) is 0.760. The molecule has 0 saturated carbocycles. The minimum atomic E-state index is -0.637. The topological polar surface area (TPSA) is 51.2 Å². The molecule has 1 N–H and O–H groups in total. The number of pyridine rings is 1. The Labute approximate surface area is 96.0 Å². The Balaban J connectivity index is 2.38. The van der Waals surface area contributed by atoms with Gasteiger partial charge in [0.2, 0.25) is 0 Å². The normalized spacial score (nSPS) is 11.2. The number of nitrogens with zero attached hydrogens (tertiary/aromatic N) is 1. The monoisotopic (exact) mass is 222 g/mol. The van der Waals surface area contributed by atoms with Gasteiger partial charge in [-0.15, -0.1) is 0 Å². The van der Waals surface area contributed by atoms with Gasteiger partial charge in [0.1, 0.15) is 5.54 Å². The molecule has 4 heteroatoms. The first-order valence-corrected chi connectivity index (χ1v) is 5.28. The lowest BCUT2D eigenvalue weighted by Crippen LogP contribution is -2.48. The van der Waals surface area contributed by atoms with Crippen molar-refractivity contribution < 1.29 is 9.53 Å². The fraction of sp³-hybridized carbons (Fsp3) is 0.500. The van der Waals surface area contributed by atoms with Crippen LogP contribution < -0.4 is 5.32 Å². The van der Waals surface area contributed by atoms with Crippen LogP contribution in [-0.4, -0.2) is 30.1 Å². The molecule has 0 fully saturated rings. The van der Waals surface area contributed by atoms with Gasteiger partial charge in [0.25, 0.3) is 0 Å². The molecule has 0 aliphatic rings. The molecular weight excluding hydrogens is 204 g/mol. The molecule has 0 bridgehead atoms. The first-order valence-electron chi connectivity index (χ1n) is 5.28. The number of hydrogen-bond donors (Lipinski definition) is 1. The second kappa shape index (κ2) is 5.61. The fourth-order valence-corrected chi connectivity index (χ4v) is 1.40. The van der Waals surface area contributed by atoms with Crippen molar-refractivity contribution in [3.8, 4) is 0 Å². The maximum Gasteiger partial charge on any atom is 0.325 e. The van der Waals surface area contributed by atoms with Gasteiger partial charge in [-0.25, -0.2) is 0 Å². The largest absolute Gasteiger partial charge is 0.468 e. The van der Waals surface area contributed by atoms with E-state index in [-0.39, 0.29) is 5.97 Å². The van der Waals surface area contributed by atoms with E-state index in [1.54, 1.807) is 12.4 Å². The Morgan fingerprint density at radius 1 is 1.44 bits per heavy atom. The molecule has 1 aromatic heterocycles. The van der Waals surface area contributed by atoms with Crippen molar-refractivity contribution in [2.45, 2.75) is 25.8 Å². The van der Waals surface area contributed by atoms with Crippen LogP contribution in [0, 0.1) is 0 Å². The van der Waals surface area contributed by atoms with E-state index in [0.717, 1.165) is 13.0 Å². The summed E-state index contributed by atoms with van der Waals surface area (Å²) in [6, 6.07) is 3.93. The van der Waals surface area contributed by atoms with E-state index < -0.39 is 5.54 Å². The third-order valence-corrected chi connectivity index (χ3v) is 2.43. The summed E-state index contributed by atoms with van der Waals surface area (Å²) in [4.78, 5) is 15.3. The van der Waals surface area contributed by atoms with E-state index in [0.29, 0.717) is 0 Å². The van der Waals surface area contributed by atoms with Gasteiger partial charge >= 0.3 is 5.97 Å². The zero-order valence-corrected chi connectivity index (χ0v) is 9.99. The van der Waals surface area contributed by atoms with Crippen molar-refractivity contribution in [2.24, 2.45) is 0 Å². The number of ether oxygens (including phenoxy) is 1. The van der Waals surface area contributed by atoms with Gasteiger partial charge in [0.15, 0.2) is 0 Å². The summed E-state index contributed by atoms with van der Waals surface area (Å²) < 4.78 is 4.71. The molecule has 16 heavy (non-hydrogen) atoms. The van der Waals surface area contributed by atoms with Crippen molar-refractivity contribution in [2.75, 3.05) is 13.7 Å². The van der Waals surface area contributed by atoms with E-state index in [1.165, 1.54) is 12.7 Å². The second-order valence-corrected chi connectivity index (χ2v) is 4.15. The first-order chi connectivity index (χ1) is 7.56. The predicted octanol–water partition coefficient (Wildman–Crippen LogP) is 1.17. The van der Waals surface area contributed by atoms with Crippen LogP contribution in [0.15, 0.2) is 24.5 Å². The Morgan fingerprint density at radius 2 is 2.06 bits per heavy atom. The highest BCUT2D eigenvalue weighted by Crippen LogP contribution is 2.05. The molecule has 1 aromatic rings. The van der Waals surface area contributed by atoms with Crippen molar-refractivity contribution in [1.82, 2.24) is 10.3 Å². The van der Waals surface area contributed by atoms with Gasteiger partial charge in [-0.05, 0) is 38.0 Å². The number of rotatable bonds is 5. The standard InChI is InChI=1S/C12H18N2O2/c1-12(2,11(15)16-3)14-9-6-10-4-7-13-8-5-10/h4-5,7-8,14H,6,9H2,1-3H3. The third-order valence-electron chi connectivity index (χ3n) is 2.43. The van der Waals surface area contributed by atoms with E-state index >= 15 is 0 Å². The molecular formula is C12H18N2O2. The molecule has 0 radical (unpaired) electrons. The number of methoxy groups -OCH3 is 1. The smallest absolute Gasteiger partial charge is 0.325 e. The molecule has 1 heterocycles. The Bertz CT molecular complexity index is 336. The molecule has 0 aliphatic heterocycles. The molecule has 0 aromatic carbocycles. The molecule has 0 amide bonds. The minimum absolute atomic E-state index is 0.248. The molecule has 4 nitrogen and oxygen atoms in total. The number of aromatic nitrogens is 1. The number of carbonyl (C=O) groups is 1. The van der Waals surface area contributed by atoms with E-state index in [1.807, 2.05) is 26.0 Å². The molecule has 0 spiro atoms.